The molecule has 0 amide bonds. The number of ketones is 1. The predicted molar refractivity (Wildman–Crippen MR) is 119 cm³/mol. The molecule has 32 heavy (non-hydrogen) atoms. The second kappa shape index (κ2) is 9.98. The Kier molecular flexibility index (Phi) is 7.33. The van der Waals surface area contributed by atoms with E-state index in [0.717, 1.165) is 36.6 Å². The first-order chi connectivity index (χ1) is 15.2. The minimum atomic E-state index is -0.760. The number of carbonyl (C=O) groups is 1. The molecule has 0 saturated heterocycles. The molecule has 6 heteroatoms. The van der Waals surface area contributed by atoms with Gasteiger partial charge in [-0.1, -0.05) is 23.3 Å². The van der Waals surface area contributed by atoms with E-state index in [-0.39, 0.29) is 16.9 Å². The molecular weight excluding hydrogens is 414 g/mol. The Morgan fingerprint density at radius 3 is 2.47 bits per heavy atom. The van der Waals surface area contributed by atoms with E-state index < -0.39 is 40.8 Å². The van der Waals surface area contributed by atoms with Gasteiger partial charge in [0, 0.05) is 24.0 Å². The molecule has 2 N–H and O–H groups in total. The van der Waals surface area contributed by atoms with Crippen LogP contribution in [0.4, 0.5) is 8.78 Å². The highest BCUT2D eigenvalue weighted by Crippen LogP contribution is 2.44. The van der Waals surface area contributed by atoms with E-state index in [1.807, 2.05) is 19.9 Å². The lowest BCUT2D eigenvalue weighted by molar-refractivity contribution is 0.0888. The van der Waals surface area contributed by atoms with Crippen molar-refractivity contribution >= 4 is 5.78 Å². The maximum absolute atomic E-state index is 14.7. The average Bonchev–Trinajstić information content (AvgIpc) is 2.74. The molecular formula is C26H28F2O4. The van der Waals surface area contributed by atoms with Crippen LogP contribution in [0, 0.1) is 17.6 Å². The van der Waals surface area contributed by atoms with Crippen LogP contribution >= 0.6 is 0 Å². The van der Waals surface area contributed by atoms with Crippen molar-refractivity contribution in [2.45, 2.75) is 45.4 Å². The Hall–Kier alpha value is -3.15. The maximum Gasteiger partial charge on any atom is 0.174 e. The van der Waals surface area contributed by atoms with Gasteiger partial charge in [0.05, 0.1) is 7.11 Å². The van der Waals surface area contributed by atoms with Crippen molar-refractivity contribution in [1.29, 1.82) is 0 Å². The zero-order valence-corrected chi connectivity index (χ0v) is 18.5. The van der Waals surface area contributed by atoms with E-state index in [0.29, 0.717) is 12.8 Å². The van der Waals surface area contributed by atoms with Gasteiger partial charge < -0.3 is 14.9 Å². The Morgan fingerprint density at radius 2 is 1.84 bits per heavy atom. The van der Waals surface area contributed by atoms with E-state index >= 15 is 0 Å². The predicted octanol–water partition coefficient (Wildman–Crippen LogP) is 6.43. The lowest BCUT2D eigenvalue weighted by Gasteiger charge is -2.31. The van der Waals surface area contributed by atoms with Crippen LogP contribution in [-0.4, -0.2) is 23.1 Å². The monoisotopic (exact) mass is 442 g/mol. The molecule has 1 aliphatic carbocycles. The number of aromatic hydroxyl groups is 2. The van der Waals surface area contributed by atoms with Gasteiger partial charge in [0.2, 0.25) is 0 Å². The number of methoxy groups -OCH3 is 1. The molecule has 0 unspecified atom stereocenters. The highest BCUT2D eigenvalue weighted by atomic mass is 19.1. The van der Waals surface area contributed by atoms with Gasteiger partial charge in [0.15, 0.2) is 5.78 Å². The van der Waals surface area contributed by atoms with Crippen molar-refractivity contribution in [1.82, 2.24) is 0 Å². The summed E-state index contributed by atoms with van der Waals surface area (Å²) in [5.74, 6) is -3.68. The smallest absolute Gasteiger partial charge is 0.174 e. The highest BCUT2D eigenvalue weighted by molar-refractivity contribution is 6.03. The minimum absolute atomic E-state index is 0.128. The molecule has 0 bridgehead atoms. The fourth-order valence-electron chi connectivity index (χ4n) is 4.27. The number of hydrogen-bond donors (Lipinski definition) is 2. The van der Waals surface area contributed by atoms with Crippen LogP contribution in [0.1, 0.15) is 61.4 Å². The third-order valence-corrected chi connectivity index (χ3v) is 5.89. The largest absolute Gasteiger partial charge is 0.507 e. The van der Waals surface area contributed by atoms with Crippen molar-refractivity contribution in [3.05, 3.63) is 76.4 Å². The molecule has 0 heterocycles. The maximum atomic E-state index is 14.7. The molecule has 0 aromatic heterocycles. The summed E-state index contributed by atoms with van der Waals surface area (Å²) >= 11 is 0. The molecule has 0 radical (unpaired) electrons. The van der Waals surface area contributed by atoms with E-state index in [1.54, 1.807) is 0 Å². The fraction of sp³-hybridized carbons (Fsp3) is 0.346. The number of carbonyl (C=O) groups excluding carboxylic acids is 1. The Bertz CT molecular complexity index is 1040. The number of allylic oxidation sites excluding steroid dienone is 4. The average molecular weight is 443 g/mol. The molecule has 3 rings (SSSR count). The van der Waals surface area contributed by atoms with Crippen molar-refractivity contribution < 1.29 is 28.5 Å². The molecule has 2 aromatic rings. The molecule has 2 atom stereocenters. The van der Waals surface area contributed by atoms with Crippen LogP contribution in [0.25, 0.3) is 0 Å². The van der Waals surface area contributed by atoms with Gasteiger partial charge in [-0.15, -0.1) is 0 Å². The first kappa shape index (κ1) is 23.5. The molecule has 4 nitrogen and oxygen atoms in total. The molecule has 170 valence electrons. The normalized spacial score (nSPS) is 18.1. The number of phenols is 2. The summed E-state index contributed by atoms with van der Waals surface area (Å²) in [4.78, 5) is 13.4. The zero-order chi connectivity index (χ0) is 23.4. The number of hydrogen-bond acceptors (Lipinski definition) is 4. The van der Waals surface area contributed by atoms with Crippen molar-refractivity contribution in [3.8, 4) is 17.2 Å². The van der Waals surface area contributed by atoms with Gasteiger partial charge in [-0.25, -0.2) is 8.78 Å². The van der Waals surface area contributed by atoms with Gasteiger partial charge in [0.25, 0.3) is 0 Å². The number of rotatable bonds is 7. The van der Waals surface area contributed by atoms with E-state index in [2.05, 4.69) is 6.08 Å². The Labute approximate surface area is 186 Å². The molecule has 1 aliphatic rings. The number of phenolic OH excluding ortho intramolecular Hbond substituents is 2. The summed E-state index contributed by atoms with van der Waals surface area (Å²) in [5.41, 5.74) is 2.17. The van der Waals surface area contributed by atoms with Crippen LogP contribution in [0.5, 0.6) is 17.2 Å². The van der Waals surface area contributed by atoms with Gasteiger partial charge in [-0.2, -0.15) is 0 Å². The first-order valence-electron chi connectivity index (χ1n) is 10.6. The van der Waals surface area contributed by atoms with E-state index in [1.165, 1.54) is 24.8 Å². The lowest BCUT2D eigenvalue weighted by Crippen LogP contribution is -2.26. The van der Waals surface area contributed by atoms with Crippen molar-refractivity contribution in [3.63, 3.8) is 0 Å². The van der Waals surface area contributed by atoms with Crippen molar-refractivity contribution in [2.24, 2.45) is 5.92 Å². The summed E-state index contributed by atoms with van der Waals surface area (Å²) < 4.78 is 33.7. The molecule has 0 saturated carbocycles. The standard InChI is InChI=1S/C26H28F2O4/c1-15(2)5-4-6-16-7-9-19(20(11-16)21-12-17(27)8-10-22(21)28)26(31)25-23(29)13-18(32-3)14-24(25)30/h5,7-8,10,12-14,19-20,29-30H,4,6,9,11H2,1-3H3/t19-,20-/m0/s1. The van der Waals surface area contributed by atoms with Gasteiger partial charge >= 0.3 is 0 Å². The summed E-state index contributed by atoms with van der Waals surface area (Å²) in [6.45, 7) is 4.03. The fourth-order valence-corrected chi connectivity index (χ4v) is 4.27. The highest BCUT2D eigenvalue weighted by Gasteiger charge is 2.36. The minimum Gasteiger partial charge on any atom is -0.507 e. The Balaban J connectivity index is 2.00. The number of Topliss-reactive ketones (excluding diaryl/α,β-unsaturated/α-hetero) is 1. The van der Waals surface area contributed by atoms with E-state index in [9.17, 15) is 23.8 Å². The second-order valence-electron chi connectivity index (χ2n) is 8.41. The summed E-state index contributed by atoms with van der Waals surface area (Å²) in [5, 5.41) is 20.7. The lowest BCUT2D eigenvalue weighted by atomic mass is 9.71. The van der Waals surface area contributed by atoms with Crippen LogP contribution in [0.3, 0.4) is 0 Å². The summed E-state index contributed by atoms with van der Waals surface area (Å²) in [6, 6.07) is 5.73. The first-order valence-corrected chi connectivity index (χ1v) is 10.6. The topological polar surface area (TPSA) is 66.8 Å². The summed E-state index contributed by atoms with van der Waals surface area (Å²) in [6.07, 6.45) is 6.36. The number of benzene rings is 2. The SMILES string of the molecule is COc1cc(O)c(C(=O)[C@H]2CC=C(CCC=C(C)C)C[C@@H]2c2cc(F)ccc2F)c(O)c1. The van der Waals surface area contributed by atoms with Crippen molar-refractivity contribution in [2.75, 3.05) is 7.11 Å². The van der Waals surface area contributed by atoms with Crippen LogP contribution in [0.2, 0.25) is 0 Å². The van der Waals surface area contributed by atoms with Gasteiger partial charge in [0.1, 0.15) is 34.4 Å². The third kappa shape index (κ3) is 5.18. The zero-order valence-electron chi connectivity index (χ0n) is 18.5. The number of ether oxygens (including phenoxy) is 1. The Morgan fingerprint density at radius 1 is 1.16 bits per heavy atom. The number of halogens is 2. The van der Waals surface area contributed by atoms with Crippen LogP contribution in [0.15, 0.2) is 53.6 Å². The van der Waals surface area contributed by atoms with E-state index in [4.69, 9.17) is 4.74 Å². The summed E-state index contributed by atoms with van der Waals surface area (Å²) in [7, 11) is 1.38. The molecule has 0 spiro atoms. The van der Waals surface area contributed by atoms with Crippen LogP contribution < -0.4 is 4.74 Å². The van der Waals surface area contributed by atoms with Crippen LogP contribution in [-0.2, 0) is 0 Å². The molecule has 0 fully saturated rings. The van der Waals surface area contributed by atoms with Gasteiger partial charge in [-0.05, 0) is 63.3 Å². The second-order valence-corrected chi connectivity index (χ2v) is 8.41. The molecule has 2 aromatic carbocycles. The van der Waals surface area contributed by atoms with Gasteiger partial charge in [-0.3, -0.25) is 4.79 Å². The molecule has 0 aliphatic heterocycles. The quantitative estimate of drug-likeness (QED) is 0.383. The third-order valence-electron chi connectivity index (χ3n) is 5.89.